The van der Waals surface area contributed by atoms with E-state index in [9.17, 15) is 0 Å². The van der Waals surface area contributed by atoms with E-state index in [0.717, 1.165) is 0 Å². The van der Waals surface area contributed by atoms with Crippen LogP contribution < -0.4 is 8.92 Å². The summed E-state index contributed by atoms with van der Waals surface area (Å²) in [5, 5.41) is 4.34. The maximum absolute atomic E-state index is 2.36. The molecule has 28 heavy (non-hydrogen) atoms. The van der Waals surface area contributed by atoms with Crippen LogP contribution in [-0.4, -0.2) is 29.9 Å². The molecule has 0 aliphatic carbocycles. The molecule has 0 aliphatic heterocycles. The molecule has 2 heterocycles. The molecule has 0 atom stereocenters. The first kappa shape index (κ1) is 19.7. The normalized spacial score (nSPS) is 12.3. The topological polar surface area (TPSA) is 0 Å². The molecule has 0 amide bonds. The van der Waals surface area contributed by atoms with Crippen molar-refractivity contribution in [1.82, 2.24) is 0 Å². The Morgan fingerprint density at radius 2 is 0.964 bits per heavy atom. The van der Waals surface area contributed by atoms with Crippen molar-refractivity contribution in [1.29, 1.82) is 0 Å². The zero-order valence-electron chi connectivity index (χ0n) is 15.0. The summed E-state index contributed by atoms with van der Waals surface area (Å²) in [7, 11) is 0. The Labute approximate surface area is 187 Å². The predicted molar refractivity (Wildman–Crippen MR) is 128 cm³/mol. The third kappa shape index (κ3) is 5.46. The van der Waals surface area contributed by atoms with E-state index >= 15 is 0 Å². The van der Waals surface area contributed by atoms with Crippen LogP contribution in [0.4, 0.5) is 0 Å². The fraction of sp³-hybridized carbons (Fsp3) is 0. The van der Waals surface area contributed by atoms with Crippen LogP contribution in [-0.2, 0) is 0 Å². The summed E-state index contributed by atoms with van der Waals surface area (Å²) in [5.41, 5.74) is 0. The quantitative estimate of drug-likeness (QED) is 0.227. The van der Waals surface area contributed by atoms with Gasteiger partial charge >= 0.3 is 188 Å². The van der Waals surface area contributed by atoms with Crippen LogP contribution >= 0.6 is 22.7 Å². The van der Waals surface area contributed by atoms with Crippen molar-refractivity contribution in [2.75, 3.05) is 0 Å². The fourth-order valence-corrected chi connectivity index (χ4v) is 8.46. The van der Waals surface area contributed by atoms with E-state index in [1.807, 2.05) is 22.7 Å². The predicted octanol–water partition coefficient (Wildman–Crippen LogP) is 5.25. The number of rotatable bonds is 7. The molecule has 0 nitrogen and oxygen atoms in total. The van der Waals surface area contributed by atoms with Crippen LogP contribution in [0.25, 0.3) is 8.94 Å². The van der Waals surface area contributed by atoms with Crippen molar-refractivity contribution in [3.63, 3.8) is 0 Å². The Bertz CT molecular complexity index is 945. The molecule has 0 saturated carbocycles. The molecule has 0 unspecified atom stereocenters. The first-order valence-electron chi connectivity index (χ1n) is 8.84. The second kappa shape index (κ2) is 10.2. The molecule has 0 fully saturated rings. The van der Waals surface area contributed by atoms with E-state index < -0.39 is 0 Å². The van der Waals surface area contributed by atoms with Crippen LogP contribution in [0.1, 0.15) is 9.75 Å². The molecule has 0 bridgehead atoms. The van der Waals surface area contributed by atoms with Gasteiger partial charge in [-0.15, -0.1) is 0 Å². The monoisotopic (exact) mass is 530 g/mol. The Hall–Kier alpha value is -1.64. The van der Waals surface area contributed by atoms with Gasteiger partial charge in [-0.05, 0) is 0 Å². The molecule has 4 heteroatoms. The van der Waals surface area contributed by atoms with Crippen molar-refractivity contribution in [3.05, 3.63) is 118 Å². The van der Waals surface area contributed by atoms with Gasteiger partial charge in [-0.1, -0.05) is 0 Å². The SMILES string of the molecule is C(/C=C(/[Se]c1ccccc1)c1cccs1)=C(\[Se]c1ccccc1)c1cccs1. The average Bonchev–Trinajstić information content (AvgIpc) is 3.46. The number of hydrogen-bond donors (Lipinski definition) is 0. The van der Waals surface area contributed by atoms with Gasteiger partial charge in [0.15, 0.2) is 0 Å². The number of allylic oxidation sites excluding steroid dienone is 2. The van der Waals surface area contributed by atoms with Gasteiger partial charge in [-0.2, -0.15) is 0 Å². The van der Waals surface area contributed by atoms with Gasteiger partial charge in [0.2, 0.25) is 0 Å². The van der Waals surface area contributed by atoms with E-state index in [-0.39, 0.29) is 0 Å². The van der Waals surface area contributed by atoms with Crippen molar-refractivity contribution >= 4 is 70.5 Å². The Morgan fingerprint density at radius 3 is 1.32 bits per heavy atom. The average molecular weight is 528 g/mol. The van der Waals surface area contributed by atoms with Gasteiger partial charge in [0.05, 0.1) is 0 Å². The second-order valence-corrected chi connectivity index (χ2v) is 12.4. The van der Waals surface area contributed by atoms with E-state index in [1.54, 1.807) is 0 Å². The van der Waals surface area contributed by atoms with Gasteiger partial charge in [0.1, 0.15) is 0 Å². The first-order valence-corrected chi connectivity index (χ1v) is 14.0. The summed E-state index contributed by atoms with van der Waals surface area (Å²) in [4.78, 5) is 2.75. The molecule has 0 saturated heterocycles. The van der Waals surface area contributed by atoms with Crippen molar-refractivity contribution in [2.24, 2.45) is 0 Å². The molecule has 2 aromatic heterocycles. The summed E-state index contributed by atoms with van der Waals surface area (Å²) in [6.45, 7) is 0. The van der Waals surface area contributed by atoms with Crippen LogP contribution in [0.15, 0.2) is 108 Å². The third-order valence-corrected chi connectivity index (χ3v) is 10.8. The van der Waals surface area contributed by atoms with Gasteiger partial charge in [-0.25, -0.2) is 0 Å². The van der Waals surface area contributed by atoms with E-state index in [4.69, 9.17) is 0 Å². The van der Waals surface area contributed by atoms with E-state index in [2.05, 4.69) is 108 Å². The van der Waals surface area contributed by atoms with Crippen molar-refractivity contribution in [2.45, 2.75) is 0 Å². The Balaban J connectivity index is 1.68. The Morgan fingerprint density at radius 1 is 0.536 bits per heavy atom. The summed E-state index contributed by atoms with van der Waals surface area (Å²) < 4.78 is 5.70. The van der Waals surface area contributed by atoms with Gasteiger partial charge < -0.3 is 0 Å². The minimum atomic E-state index is 0.295. The number of hydrogen-bond acceptors (Lipinski definition) is 2. The molecule has 138 valence electrons. The van der Waals surface area contributed by atoms with E-state index in [1.165, 1.54) is 27.6 Å². The molecule has 4 rings (SSSR count). The zero-order chi connectivity index (χ0) is 19.0. The van der Waals surface area contributed by atoms with E-state index in [0.29, 0.717) is 29.9 Å². The summed E-state index contributed by atoms with van der Waals surface area (Å²) in [5.74, 6) is 0. The minimum absolute atomic E-state index is 0.295. The summed E-state index contributed by atoms with van der Waals surface area (Å²) in [6.07, 6.45) is 4.72. The molecule has 0 spiro atoms. The van der Waals surface area contributed by atoms with Crippen LogP contribution in [0.2, 0.25) is 0 Å². The first-order chi connectivity index (χ1) is 13.9. The van der Waals surface area contributed by atoms with Gasteiger partial charge in [0.25, 0.3) is 0 Å². The van der Waals surface area contributed by atoms with Crippen molar-refractivity contribution in [3.8, 4) is 0 Å². The zero-order valence-corrected chi connectivity index (χ0v) is 20.1. The van der Waals surface area contributed by atoms with Crippen LogP contribution in [0.3, 0.4) is 0 Å². The molecule has 0 radical (unpaired) electrons. The second-order valence-electron chi connectivity index (χ2n) is 5.85. The molecule has 0 N–H and O–H groups in total. The molecule has 2 aromatic carbocycles. The summed E-state index contributed by atoms with van der Waals surface area (Å²) in [6, 6.07) is 30.4. The molecule has 4 aromatic rings. The van der Waals surface area contributed by atoms with Gasteiger partial charge in [-0.3, -0.25) is 0 Å². The molecular weight excluding hydrogens is 510 g/mol. The maximum atomic E-state index is 2.36. The van der Waals surface area contributed by atoms with Crippen molar-refractivity contribution < 1.29 is 0 Å². The van der Waals surface area contributed by atoms with Gasteiger partial charge in [0, 0.05) is 0 Å². The Kier molecular flexibility index (Phi) is 7.18. The number of benzene rings is 2. The molecular formula is C24H18S2Se2. The summed E-state index contributed by atoms with van der Waals surface area (Å²) >= 11 is 4.25. The third-order valence-electron chi connectivity index (χ3n) is 3.86. The van der Waals surface area contributed by atoms with Crippen LogP contribution in [0, 0.1) is 0 Å². The molecule has 0 aliphatic rings. The fourth-order valence-electron chi connectivity index (χ4n) is 2.55. The standard InChI is InChI=1S/C24H18S2Se2/c1-3-9-19(10-4-1)27-23(21-13-7-17-25-21)15-16-24(22-14-8-18-26-22)28-20-11-5-2-6-12-20/h1-18H/b23-15+,24-16+. The van der Waals surface area contributed by atoms with Crippen LogP contribution in [0.5, 0.6) is 0 Å². The number of thiophene rings is 2.